The van der Waals surface area contributed by atoms with Crippen LogP contribution in [0, 0.1) is 11.6 Å². The normalized spacial score (nSPS) is 27.6. The van der Waals surface area contributed by atoms with Crippen molar-refractivity contribution in [3.63, 3.8) is 0 Å². The summed E-state index contributed by atoms with van der Waals surface area (Å²) in [7, 11) is 0. The van der Waals surface area contributed by atoms with Crippen molar-refractivity contribution in [2.45, 2.75) is 67.7 Å². The Hall–Kier alpha value is -2.29. The van der Waals surface area contributed by atoms with Crippen molar-refractivity contribution >= 4 is 29.1 Å². The van der Waals surface area contributed by atoms with Crippen LogP contribution < -0.4 is 5.32 Å². The van der Waals surface area contributed by atoms with Gasteiger partial charge in [0, 0.05) is 24.1 Å². The van der Waals surface area contributed by atoms with Crippen LogP contribution in [0.25, 0.3) is 0 Å². The Morgan fingerprint density at radius 3 is 2.71 bits per heavy atom. The van der Waals surface area contributed by atoms with Crippen molar-refractivity contribution in [2.75, 3.05) is 37.5 Å². The number of fused-ring (bicyclic) bond motifs is 1. The van der Waals surface area contributed by atoms with E-state index in [2.05, 4.69) is 27.3 Å². The number of ether oxygens (including phenoxy) is 2. The molecule has 6 atom stereocenters. The average Bonchev–Trinajstić information content (AvgIpc) is 3.61. The summed E-state index contributed by atoms with van der Waals surface area (Å²) in [6.45, 7) is 2.70. The molecule has 13 heteroatoms. The summed E-state index contributed by atoms with van der Waals surface area (Å²) in [5.74, 6) is 0.255. The average molecular weight is 553 g/mol. The van der Waals surface area contributed by atoms with Crippen LogP contribution in [0.1, 0.15) is 37.7 Å². The number of benzene rings is 1. The van der Waals surface area contributed by atoms with Crippen LogP contribution >= 0.6 is 11.8 Å². The van der Waals surface area contributed by atoms with E-state index in [1.807, 2.05) is 0 Å². The van der Waals surface area contributed by atoms with Crippen molar-refractivity contribution < 1.29 is 38.3 Å². The molecule has 1 aliphatic heterocycles. The van der Waals surface area contributed by atoms with Gasteiger partial charge >= 0.3 is 11.0 Å². The summed E-state index contributed by atoms with van der Waals surface area (Å²) in [4.78, 5) is 9.32. The lowest BCUT2D eigenvalue weighted by atomic mass is 10.1. The lowest BCUT2D eigenvalue weighted by Gasteiger charge is -2.21. The van der Waals surface area contributed by atoms with Crippen LogP contribution in [0.3, 0.4) is 0 Å². The number of anilines is 1. The van der Waals surface area contributed by atoms with Gasteiger partial charge in [-0.3, -0.25) is 0 Å². The third-order valence-corrected chi connectivity index (χ3v) is 7.95. The minimum Gasteiger partial charge on any atom is -0.394 e. The standard InChI is InChI=1S/C25H31F2N5O5S/c1-2-9-38-25-29-23(28-17-11-14(17)13-3-4-15(26)16(27)10-13)20-24(30-25)32(31-20)18-12-19(22(35)21(18)34)37-8-7-36-6-5-33/h3-4,10,14,17-19,21-22,33-35H,2,5-9,11-12H2,1H3/p+1. The van der Waals surface area contributed by atoms with Gasteiger partial charge < -0.3 is 30.1 Å². The van der Waals surface area contributed by atoms with Gasteiger partial charge in [-0.05, 0) is 35.5 Å². The van der Waals surface area contributed by atoms with Gasteiger partial charge in [-0.2, -0.15) is 4.98 Å². The highest BCUT2D eigenvalue weighted by Gasteiger charge is 2.52. The van der Waals surface area contributed by atoms with Crippen molar-refractivity contribution in [2.24, 2.45) is 5.11 Å². The van der Waals surface area contributed by atoms with E-state index in [-0.39, 0.29) is 38.4 Å². The highest BCUT2D eigenvalue weighted by Crippen LogP contribution is 2.49. The molecule has 0 saturated heterocycles. The Labute approximate surface area is 223 Å². The zero-order valence-electron chi connectivity index (χ0n) is 21.0. The molecule has 38 heavy (non-hydrogen) atoms. The maximum Gasteiger partial charge on any atom is 0.380 e. The summed E-state index contributed by atoms with van der Waals surface area (Å²) < 4.78 is 39.6. The van der Waals surface area contributed by atoms with E-state index in [1.165, 1.54) is 17.8 Å². The maximum atomic E-state index is 13.7. The fourth-order valence-corrected chi connectivity index (χ4v) is 5.51. The number of nitrogens with zero attached hydrogens (tertiary/aromatic N) is 4. The fourth-order valence-electron chi connectivity index (χ4n) is 4.82. The molecular formula is C25H32F2N5O5S+. The van der Waals surface area contributed by atoms with Gasteiger partial charge in [0.05, 0.1) is 32.5 Å². The molecule has 0 radical (unpaired) electrons. The number of aromatic nitrogens is 2. The summed E-state index contributed by atoms with van der Waals surface area (Å²) in [6.07, 6.45) is -0.736. The highest BCUT2D eigenvalue weighted by atomic mass is 32.2. The lowest BCUT2D eigenvalue weighted by molar-refractivity contribution is -0.576. The van der Waals surface area contributed by atoms with Crippen molar-refractivity contribution in [1.82, 2.24) is 9.97 Å². The van der Waals surface area contributed by atoms with Gasteiger partial charge in [0.25, 0.3) is 0 Å². The number of rotatable bonds is 13. The minimum atomic E-state index is -1.09. The molecule has 0 amide bonds. The van der Waals surface area contributed by atoms with Gasteiger partial charge in [0.15, 0.2) is 23.5 Å². The molecular weight excluding hydrogens is 520 g/mol. The molecule has 0 bridgehead atoms. The van der Waals surface area contributed by atoms with Gasteiger partial charge in [0.2, 0.25) is 5.69 Å². The summed E-state index contributed by atoms with van der Waals surface area (Å²) in [6, 6.07) is 3.45. The first-order chi connectivity index (χ1) is 18.4. The molecule has 5 rings (SSSR count). The van der Waals surface area contributed by atoms with Crippen LogP contribution in [-0.2, 0) is 9.47 Å². The largest absolute Gasteiger partial charge is 0.394 e. The number of nitrogens with one attached hydrogen (secondary N) is 1. The van der Waals surface area contributed by atoms with Crippen molar-refractivity contribution in [1.29, 1.82) is 0 Å². The van der Waals surface area contributed by atoms with Crippen LogP contribution in [-0.4, -0.2) is 92.6 Å². The van der Waals surface area contributed by atoms with E-state index in [1.54, 1.807) is 10.8 Å². The van der Waals surface area contributed by atoms with Gasteiger partial charge in [-0.1, -0.05) is 29.9 Å². The predicted molar refractivity (Wildman–Crippen MR) is 134 cm³/mol. The Morgan fingerprint density at radius 1 is 1.11 bits per heavy atom. The van der Waals surface area contributed by atoms with E-state index < -0.39 is 36.0 Å². The van der Waals surface area contributed by atoms with E-state index in [0.717, 1.165) is 30.2 Å². The third kappa shape index (κ3) is 5.68. The Kier molecular flexibility index (Phi) is 8.50. The summed E-state index contributed by atoms with van der Waals surface area (Å²) >= 11 is 1.51. The number of azo groups is 2. The van der Waals surface area contributed by atoms with Gasteiger partial charge in [-0.15, -0.1) is 4.70 Å². The van der Waals surface area contributed by atoms with Crippen molar-refractivity contribution in [3.05, 3.63) is 35.4 Å². The number of aliphatic hydroxyl groups is 3. The Balaban J connectivity index is 1.29. The smallest absolute Gasteiger partial charge is 0.380 e. The monoisotopic (exact) mass is 552 g/mol. The third-order valence-electron chi connectivity index (χ3n) is 6.90. The second-order valence-corrected chi connectivity index (χ2v) is 10.7. The van der Waals surface area contributed by atoms with E-state index >= 15 is 0 Å². The second-order valence-electron chi connectivity index (χ2n) is 9.62. The Bertz CT molecular complexity index is 1190. The maximum absolute atomic E-state index is 13.7. The molecule has 4 N–H and O–H groups in total. The summed E-state index contributed by atoms with van der Waals surface area (Å²) in [5.41, 5.74) is 1.29. The molecule has 2 heterocycles. The van der Waals surface area contributed by atoms with E-state index in [4.69, 9.17) is 14.6 Å². The lowest BCUT2D eigenvalue weighted by Crippen LogP contribution is -2.38. The zero-order valence-corrected chi connectivity index (χ0v) is 21.8. The molecule has 0 spiro atoms. The number of hydrogen-bond acceptors (Lipinski definition) is 10. The van der Waals surface area contributed by atoms with Crippen LogP contribution in [0.2, 0.25) is 0 Å². The van der Waals surface area contributed by atoms with Crippen molar-refractivity contribution in [3.8, 4) is 0 Å². The molecule has 2 saturated carbocycles. The van der Waals surface area contributed by atoms with Crippen LogP contribution in [0.4, 0.5) is 26.1 Å². The number of thioether (sulfide) groups is 1. The number of aliphatic hydroxyl groups excluding tert-OH is 3. The fraction of sp³-hybridized carbons (Fsp3) is 0.600. The molecule has 2 aromatic rings. The predicted octanol–water partition coefficient (Wildman–Crippen LogP) is 2.85. The molecule has 1 aromatic carbocycles. The Morgan fingerprint density at radius 2 is 1.95 bits per heavy atom. The first-order valence-corrected chi connectivity index (χ1v) is 13.8. The number of hydrogen-bond donors (Lipinski definition) is 4. The number of halogens is 2. The first-order valence-electron chi connectivity index (χ1n) is 12.8. The summed E-state index contributed by atoms with van der Waals surface area (Å²) in [5, 5.41) is 38.6. The van der Waals surface area contributed by atoms with Gasteiger partial charge in [-0.25, -0.2) is 8.78 Å². The van der Waals surface area contributed by atoms with Gasteiger partial charge in [0.1, 0.15) is 12.2 Å². The van der Waals surface area contributed by atoms with E-state index in [9.17, 15) is 19.0 Å². The second kappa shape index (κ2) is 11.8. The molecule has 10 nitrogen and oxygen atoms in total. The molecule has 6 unspecified atom stereocenters. The molecule has 1 aromatic heterocycles. The van der Waals surface area contributed by atoms with Crippen LogP contribution in [0.15, 0.2) is 28.5 Å². The zero-order chi connectivity index (χ0) is 26.8. The molecule has 2 fully saturated rings. The topological polar surface area (TPSA) is 132 Å². The minimum absolute atomic E-state index is 0.00291. The molecule has 3 aliphatic rings. The first kappa shape index (κ1) is 27.3. The van der Waals surface area contributed by atoms with E-state index in [0.29, 0.717) is 28.9 Å². The molecule has 206 valence electrons. The highest BCUT2D eigenvalue weighted by molar-refractivity contribution is 7.99. The quantitative estimate of drug-likeness (QED) is 0.128. The molecule has 2 aliphatic carbocycles. The SMILES string of the molecule is CCCSc1nc(NC2CC2c2ccc(F)c(F)c2)c2c(n1)[N+](C1CC(OCCOCCO)C(O)C1O)=N2. The van der Waals surface area contributed by atoms with Crippen LogP contribution in [0.5, 0.6) is 0 Å².